The highest BCUT2D eigenvalue weighted by Crippen LogP contribution is 2.28. The molecule has 1 aromatic carbocycles. The number of nitrogens with zero attached hydrogens (tertiary/aromatic N) is 3. The van der Waals surface area contributed by atoms with Gasteiger partial charge in [-0.2, -0.15) is 4.98 Å². The summed E-state index contributed by atoms with van der Waals surface area (Å²) in [6.07, 6.45) is 0. The second-order valence-electron chi connectivity index (χ2n) is 6.23. The molecule has 1 fully saturated rings. The van der Waals surface area contributed by atoms with Crippen molar-refractivity contribution >= 4 is 17.2 Å². The van der Waals surface area contributed by atoms with Gasteiger partial charge < -0.3 is 9.84 Å². The maximum absolute atomic E-state index is 12.9. The van der Waals surface area contributed by atoms with Gasteiger partial charge in [-0.05, 0) is 29.1 Å². The largest absolute Gasteiger partial charge is 0.351 e. The highest BCUT2D eigenvalue weighted by molar-refractivity contribution is 7.13. The first-order valence-corrected chi connectivity index (χ1v) is 9.16. The van der Waals surface area contributed by atoms with Gasteiger partial charge in [-0.1, -0.05) is 23.4 Å². The SMILES string of the molecule is O=C(CN1CC(c2nc(-c3cccs3)no2)C1)NCc1ccc(F)cc1. The van der Waals surface area contributed by atoms with Gasteiger partial charge in [0, 0.05) is 19.6 Å². The average molecular weight is 372 g/mol. The maximum Gasteiger partial charge on any atom is 0.234 e. The summed E-state index contributed by atoms with van der Waals surface area (Å²) in [6, 6.07) is 10.0. The van der Waals surface area contributed by atoms with Gasteiger partial charge >= 0.3 is 0 Å². The molecule has 0 aliphatic carbocycles. The van der Waals surface area contributed by atoms with Crippen molar-refractivity contribution in [3.05, 3.63) is 59.0 Å². The number of benzene rings is 1. The van der Waals surface area contributed by atoms with Crippen LogP contribution in [-0.4, -0.2) is 40.6 Å². The molecule has 1 aliphatic rings. The minimum atomic E-state index is -0.282. The second-order valence-corrected chi connectivity index (χ2v) is 7.18. The third kappa shape index (κ3) is 3.81. The van der Waals surface area contributed by atoms with Crippen LogP contribution in [0.2, 0.25) is 0 Å². The zero-order chi connectivity index (χ0) is 17.9. The lowest BCUT2D eigenvalue weighted by Crippen LogP contribution is -2.49. The van der Waals surface area contributed by atoms with Crippen LogP contribution in [0.1, 0.15) is 17.4 Å². The van der Waals surface area contributed by atoms with Crippen LogP contribution >= 0.6 is 11.3 Å². The van der Waals surface area contributed by atoms with Crippen molar-refractivity contribution in [2.75, 3.05) is 19.6 Å². The molecule has 0 unspecified atom stereocenters. The fraction of sp³-hybridized carbons (Fsp3) is 0.278. The summed E-state index contributed by atoms with van der Waals surface area (Å²) in [5.74, 6) is 1.07. The minimum absolute atomic E-state index is 0.0578. The molecule has 2 aromatic heterocycles. The molecule has 0 spiro atoms. The van der Waals surface area contributed by atoms with Gasteiger partial charge in [-0.15, -0.1) is 11.3 Å². The summed E-state index contributed by atoms with van der Waals surface area (Å²) in [7, 11) is 0. The van der Waals surface area contributed by atoms with Gasteiger partial charge in [-0.25, -0.2) is 4.39 Å². The van der Waals surface area contributed by atoms with E-state index in [1.165, 1.54) is 12.1 Å². The van der Waals surface area contributed by atoms with E-state index in [9.17, 15) is 9.18 Å². The lowest BCUT2D eigenvalue weighted by molar-refractivity contribution is -0.123. The van der Waals surface area contributed by atoms with Crippen LogP contribution in [0.25, 0.3) is 10.7 Å². The van der Waals surface area contributed by atoms with E-state index in [-0.39, 0.29) is 17.6 Å². The monoisotopic (exact) mass is 372 g/mol. The number of carbonyl (C=O) groups is 1. The minimum Gasteiger partial charge on any atom is -0.351 e. The quantitative estimate of drug-likeness (QED) is 0.720. The van der Waals surface area contributed by atoms with Gasteiger partial charge in [0.15, 0.2) is 0 Å². The molecule has 1 N–H and O–H groups in total. The lowest BCUT2D eigenvalue weighted by atomic mass is 10.0. The Balaban J connectivity index is 1.22. The van der Waals surface area contributed by atoms with Crippen molar-refractivity contribution in [3.8, 4) is 10.7 Å². The van der Waals surface area contributed by atoms with Crippen molar-refractivity contribution in [1.82, 2.24) is 20.4 Å². The highest BCUT2D eigenvalue weighted by atomic mass is 32.1. The number of carbonyl (C=O) groups excluding carboxylic acids is 1. The number of hydrogen-bond acceptors (Lipinski definition) is 6. The normalized spacial score (nSPS) is 15.0. The van der Waals surface area contributed by atoms with E-state index in [4.69, 9.17) is 4.52 Å². The molecule has 8 heteroatoms. The molecule has 0 bridgehead atoms. The summed E-state index contributed by atoms with van der Waals surface area (Å²) in [5.41, 5.74) is 0.869. The summed E-state index contributed by atoms with van der Waals surface area (Å²) in [6.45, 7) is 2.15. The fourth-order valence-electron chi connectivity index (χ4n) is 2.82. The lowest BCUT2D eigenvalue weighted by Gasteiger charge is -2.36. The topological polar surface area (TPSA) is 71.3 Å². The number of likely N-dealkylation sites (tertiary alicyclic amines) is 1. The van der Waals surface area contributed by atoms with E-state index in [1.807, 2.05) is 22.4 Å². The van der Waals surface area contributed by atoms with Crippen LogP contribution in [0, 0.1) is 5.82 Å². The number of amides is 1. The van der Waals surface area contributed by atoms with Crippen molar-refractivity contribution in [3.63, 3.8) is 0 Å². The summed E-state index contributed by atoms with van der Waals surface area (Å²) >= 11 is 1.57. The standard InChI is InChI=1S/C18H17FN4O2S/c19-14-5-3-12(4-6-14)8-20-16(24)11-23-9-13(10-23)18-21-17(22-25-18)15-2-1-7-26-15/h1-7,13H,8-11H2,(H,20,24). The van der Waals surface area contributed by atoms with E-state index < -0.39 is 0 Å². The molecule has 0 saturated carbocycles. The number of hydrogen-bond donors (Lipinski definition) is 1. The van der Waals surface area contributed by atoms with E-state index >= 15 is 0 Å². The molecule has 134 valence electrons. The molecule has 26 heavy (non-hydrogen) atoms. The predicted molar refractivity (Wildman–Crippen MR) is 95.0 cm³/mol. The van der Waals surface area contributed by atoms with E-state index in [0.717, 1.165) is 23.5 Å². The first-order valence-electron chi connectivity index (χ1n) is 8.28. The number of thiophene rings is 1. The smallest absolute Gasteiger partial charge is 0.234 e. The van der Waals surface area contributed by atoms with E-state index in [2.05, 4.69) is 15.5 Å². The Kier molecular flexibility index (Phi) is 4.77. The van der Waals surface area contributed by atoms with Crippen LogP contribution in [0.5, 0.6) is 0 Å². The summed E-state index contributed by atoms with van der Waals surface area (Å²) < 4.78 is 18.2. The molecule has 1 aliphatic heterocycles. The van der Waals surface area contributed by atoms with Crippen molar-refractivity contribution in [1.29, 1.82) is 0 Å². The van der Waals surface area contributed by atoms with Crippen LogP contribution in [-0.2, 0) is 11.3 Å². The van der Waals surface area contributed by atoms with Crippen LogP contribution in [0.15, 0.2) is 46.3 Å². The van der Waals surface area contributed by atoms with Crippen LogP contribution in [0.3, 0.4) is 0 Å². The number of halogens is 1. The van der Waals surface area contributed by atoms with Gasteiger partial charge in [0.2, 0.25) is 17.6 Å². The Labute approximate surface area is 153 Å². The molecule has 6 nitrogen and oxygen atoms in total. The van der Waals surface area contributed by atoms with E-state index in [1.54, 1.807) is 23.5 Å². The molecular formula is C18H17FN4O2S. The third-order valence-electron chi connectivity index (χ3n) is 4.26. The maximum atomic E-state index is 12.9. The zero-order valence-electron chi connectivity index (χ0n) is 13.9. The Hall–Kier alpha value is -2.58. The van der Waals surface area contributed by atoms with Gasteiger partial charge in [0.05, 0.1) is 17.3 Å². The number of aromatic nitrogens is 2. The fourth-order valence-corrected chi connectivity index (χ4v) is 3.47. The first kappa shape index (κ1) is 16.9. The first-order chi connectivity index (χ1) is 12.7. The Morgan fingerprint density at radius 2 is 2.12 bits per heavy atom. The van der Waals surface area contributed by atoms with Crippen molar-refractivity contribution in [2.45, 2.75) is 12.5 Å². The molecular weight excluding hydrogens is 355 g/mol. The van der Waals surface area contributed by atoms with Crippen molar-refractivity contribution < 1.29 is 13.7 Å². The molecule has 0 radical (unpaired) electrons. The molecule has 1 amide bonds. The molecule has 0 atom stereocenters. The number of rotatable bonds is 6. The zero-order valence-corrected chi connectivity index (χ0v) is 14.7. The van der Waals surface area contributed by atoms with Gasteiger partial charge in [0.1, 0.15) is 5.82 Å². The molecule has 3 aromatic rings. The predicted octanol–water partition coefficient (Wildman–Crippen LogP) is 2.65. The number of nitrogens with one attached hydrogen (secondary N) is 1. The van der Waals surface area contributed by atoms with Crippen molar-refractivity contribution in [2.24, 2.45) is 0 Å². The van der Waals surface area contributed by atoms with E-state index in [0.29, 0.717) is 24.8 Å². The summed E-state index contributed by atoms with van der Waals surface area (Å²) in [4.78, 5) is 19.5. The molecule has 1 saturated heterocycles. The molecule has 4 rings (SSSR count). The Morgan fingerprint density at radius 3 is 2.85 bits per heavy atom. The Morgan fingerprint density at radius 1 is 1.31 bits per heavy atom. The van der Waals surface area contributed by atoms with Crippen LogP contribution in [0.4, 0.5) is 4.39 Å². The summed E-state index contributed by atoms with van der Waals surface area (Å²) in [5, 5.41) is 8.83. The highest BCUT2D eigenvalue weighted by Gasteiger charge is 2.33. The second kappa shape index (κ2) is 7.35. The third-order valence-corrected chi connectivity index (χ3v) is 5.13. The van der Waals surface area contributed by atoms with Gasteiger partial charge in [-0.3, -0.25) is 9.69 Å². The molecule has 3 heterocycles. The Bertz CT molecular complexity index is 873. The average Bonchev–Trinajstić information content (AvgIpc) is 3.28. The van der Waals surface area contributed by atoms with Gasteiger partial charge in [0.25, 0.3) is 0 Å². The van der Waals surface area contributed by atoms with Crippen LogP contribution < -0.4 is 5.32 Å².